The largest absolute Gasteiger partial charge is 0.299 e. The van der Waals surface area contributed by atoms with E-state index in [0.29, 0.717) is 4.83 Å². The summed E-state index contributed by atoms with van der Waals surface area (Å²) in [5, 5.41) is 0. The van der Waals surface area contributed by atoms with Crippen molar-refractivity contribution >= 4 is 22.2 Å². The molecule has 1 atom stereocenters. The molecule has 0 heterocycles. The maximum atomic E-state index is 10.4. The zero-order valence-electron chi connectivity index (χ0n) is 14.3. The third-order valence-electron chi connectivity index (χ3n) is 4.21. The van der Waals surface area contributed by atoms with Gasteiger partial charge in [-0.3, -0.25) is 4.79 Å². The molecule has 0 bridgehead atoms. The van der Waals surface area contributed by atoms with E-state index < -0.39 is 0 Å². The average Bonchev–Trinajstić information content (AvgIpc) is 2.43. The fourth-order valence-corrected chi connectivity index (χ4v) is 3.16. The first kappa shape index (κ1) is 18.9. The van der Waals surface area contributed by atoms with Gasteiger partial charge in [0.2, 0.25) is 0 Å². The summed E-state index contributed by atoms with van der Waals surface area (Å²) in [6, 6.07) is 0. The van der Waals surface area contributed by atoms with Gasteiger partial charge in [-0.2, -0.15) is 0 Å². The van der Waals surface area contributed by atoms with Crippen LogP contribution >= 0.6 is 15.9 Å². The van der Waals surface area contributed by atoms with E-state index in [1.54, 1.807) is 6.08 Å². The molecule has 1 aliphatic rings. The lowest BCUT2D eigenvalue weighted by Gasteiger charge is -2.35. The Hall–Kier alpha value is -1.15. The van der Waals surface area contributed by atoms with Crippen LogP contribution in [0.3, 0.4) is 0 Å². The highest BCUT2D eigenvalue weighted by Crippen LogP contribution is 2.43. The fraction of sp³-hybridized carbons (Fsp3) is 0.450. The van der Waals surface area contributed by atoms with Crippen molar-refractivity contribution in [3.8, 4) is 0 Å². The number of rotatable bonds is 5. The lowest BCUT2D eigenvalue weighted by molar-refractivity contribution is -0.104. The highest BCUT2D eigenvalue weighted by atomic mass is 79.9. The maximum Gasteiger partial charge on any atom is 0.143 e. The number of aldehydes is 1. The molecule has 2 heteroatoms. The van der Waals surface area contributed by atoms with Gasteiger partial charge in [0.1, 0.15) is 6.29 Å². The predicted octanol–water partition coefficient (Wildman–Crippen LogP) is 6.09. The standard InChI is InChI=1S/C20H27BrO/c1-15(7-6-8-16(2)12-14-22)9-10-18-17(3)19(21)11-13-20(18,4)5/h6-10,12,14,19H,11,13H2,1-5H3/b8-6+,10-9+,15-7+,16-12+. The van der Waals surface area contributed by atoms with Crippen LogP contribution in [0.25, 0.3) is 0 Å². The molecule has 1 aliphatic carbocycles. The van der Waals surface area contributed by atoms with Crippen LogP contribution in [0, 0.1) is 5.41 Å². The molecule has 120 valence electrons. The number of hydrogen-bond donors (Lipinski definition) is 0. The van der Waals surface area contributed by atoms with E-state index in [1.165, 1.54) is 29.6 Å². The minimum atomic E-state index is 0.240. The van der Waals surface area contributed by atoms with Gasteiger partial charge in [0.05, 0.1) is 0 Å². The molecule has 1 nitrogen and oxygen atoms in total. The van der Waals surface area contributed by atoms with E-state index in [-0.39, 0.29) is 5.41 Å². The molecule has 0 saturated heterocycles. The Morgan fingerprint density at radius 3 is 2.45 bits per heavy atom. The molecule has 0 fully saturated rings. The molecule has 1 rings (SSSR count). The molecule has 1 unspecified atom stereocenters. The fourth-order valence-electron chi connectivity index (χ4n) is 2.68. The summed E-state index contributed by atoms with van der Waals surface area (Å²) in [6.07, 6.45) is 15.2. The molecule has 0 aromatic rings. The first-order valence-electron chi connectivity index (χ1n) is 7.78. The van der Waals surface area contributed by atoms with Crippen LogP contribution in [-0.2, 0) is 4.79 Å². The minimum absolute atomic E-state index is 0.240. The van der Waals surface area contributed by atoms with E-state index >= 15 is 0 Å². The Balaban J connectivity index is 2.88. The van der Waals surface area contributed by atoms with Crippen LogP contribution in [-0.4, -0.2) is 11.1 Å². The molecule has 0 amide bonds. The molecule has 0 saturated carbocycles. The molecule has 0 aliphatic heterocycles. The van der Waals surface area contributed by atoms with Crippen molar-refractivity contribution in [1.82, 2.24) is 0 Å². The number of hydrogen-bond acceptors (Lipinski definition) is 1. The van der Waals surface area contributed by atoms with E-state index in [9.17, 15) is 4.79 Å². The van der Waals surface area contributed by atoms with Gasteiger partial charge in [0.15, 0.2) is 0 Å². The first-order valence-corrected chi connectivity index (χ1v) is 8.70. The molecule has 0 spiro atoms. The molecular formula is C20H27BrO. The topological polar surface area (TPSA) is 17.1 Å². The third kappa shape index (κ3) is 5.57. The molecule has 0 radical (unpaired) electrons. The second-order valence-electron chi connectivity index (χ2n) is 6.64. The van der Waals surface area contributed by atoms with Gasteiger partial charge in [-0.15, -0.1) is 0 Å². The van der Waals surface area contributed by atoms with Crippen molar-refractivity contribution in [2.75, 3.05) is 0 Å². The van der Waals surface area contributed by atoms with Crippen LogP contribution in [0.2, 0.25) is 0 Å². The Labute approximate surface area is 143 Å². The molecule has 0 N–H and O–H groups in total. The van der Waals surface area contributed by atoms with E-state index in [2.05, 4.69) is 61.9 Å². The predicted molar refractivity (Wildman–Crippen MR) is 100 cm³/mol. The lowest BCUT2D eigenvalue weighted by atomic mass is 9.72. The number of alkyl halides is 1. The summed E-state index contributed by atoms with van der Waals surface area (Å²) in [7, 11) is 0. The van der Waals surface area contributed by atoms with Crippen molar-refractivity contribution in [2.45, 2.75) is 52.3 Å². The monoisotopic (exact) mass is 362 g/mol. The van der Waals surface area contributed by atoms with E-state index in [4.69, 9.17) is 0 Å². The first-order chi connectivity index (χ1) is 10.3. The highest BCUT2D eigenvalue weighted by Gasteiger charge is 2.30. The molecular weight excluding hydrogens is 336 g/mol. The number of halogens is 1. The normalized spacial score (nSPS) is 23.6. The SMILES string of the molecule is CC1=C(/C=C/C(C)=C/C=C/C(C)=C/C=O)C(C)(C)CCC1Br. The lowest BCUT2D eigenvalue weighted by Crippen LogP contribution is -2.24. The van der Waals surface area contributed by atoms with Gasteiger partial charge < -0.3 is 0 Å². The number of allylic oxidation sites excluding steroid dienone is 10. The van der Waals surface area contributed by atoms with Crippen LogP contribution < -0.4 is 0 Å². The van der Waals surface area contributed by atoms with Crippen molar-refractivity contribution in [2.24, 2.45) is 5.41 Å². The van der Waals surface area contributed by atoms with Gasteiger partial charge in [-0.25, -0.2) is 0 Å². The summed E-state index contributed by atoms with van der Waals surface area (Å²) < 4.78 is 0. The van der Waals surface area contributed by atoms with Gasteiger partial charge in [0.25, 0.3) is 0 Å². The zero-order valence-corrected chi connectivity index (χ0v) is 15.9. The molecule has 0 aromatic heterocycles. The Morgan fingerprint density at radius 1 is 1.18 bits per heavy atom. The zero-order chi connectivity index (χ0) is 16.8. The van der Waals surface area contributed by atoms with Crippen LogP contribution in [0.1, 0.15) is 47.5 Å². The van der Waals surface area contributed by atoms with Crippen molar-refractivity contribution in [3.63, 3.8) is 0 Å². The highest BCUT2D eigenvalue weighted by molar-refractivity contribution is 9.09. The Morgan fingerprint density at radius 2 is 1.82 bits per heavy atom. The van der Waals surface area contributed by atoms with Gasteiger partial charge >= 0.3 is 0 Å². The summed E-state index contributed by atoms with van der Waals surface area (Å²) >= 11 is 3.77. The van der Waals surface area contributed by atoms with Crippen molar-refractivity contribution in [3.05, 3.63) is 58.7 Å². The Bertz CT molecular complexity index is 556. The summed E-state index contributed by atoms with van der Waals surface area (Å²) in [5.41, 5.74) is 5.28. The Kier molecular flexibility index (Phi) is 7.28. The second kappa shape index (κ2) is 8.47. The summed E-state index contributed by atoms with van der Waals surface area (Å²) in [4.78, 5) is 10.9. The second-order valence-corrected chi connectivity index (χ2v) is 7.74. The minimum Gasteiger partial charge on any atom is -0.299 e. The van der Waals surface area contributed by atoms with Gasteiger partial charge in [0, 0.05) is 4.83 Å². The van der Waals surface area contributed by atoms with E-state index in [0.717, 1.165) is 11.9 Å². The average molecular weight is 363 g/mol. The van der Waals surface area contributed by atoms with E-state index in [1.807, 2.05) is 19.1 Å². The maximum absolute atomic E-state index is 10.4. The quantitative estimate of drug-likeness (QED) is 0.250. The smallest absolute Gasteiger partial charge is 0.143 e. The molecule has 22 heavy (non-hydrogen) atoms. The molecule has 0 aromatic carbocycles. The van der Waals surface area contributed by atoms with Crippen molar-refractivity contribution < 1.29 is 4.79 Å². The summed E-state index contributed by atoms with van der Waals surface area (Å²) in [5.74, 6) is 0. The number of carbonyl (C=O) groups is 1. The number of carbonyl (C=O) groups excluding carboxylic acids is 1. The van der Waals surface area contributed by atoms with Crippen LogP contribution in [0.15, 0.2) is 58.7 Å². The third-order valence-corrected chi connectivity index (χ3v) is 5.35. The van der Waals surface area contributed by atoms with Gasteiger partial charge in [-0.1, -0.05) is 71.3 Å². The van der Waals surface area contributed by atoms with Crippen LogP contribution in [0.4, 0.5) is 0 Å². The van der Waals surface area contributed by atoms with Gasteiger partial charge in [-0.05, 0) is 56.3 Å². The summed E-state index contributed by atoms with van der Waals surface area (Å²) in [6.45, 7) is 10.9. The van der Waals surface area contributed by atoms with Crippen LogP contribution in [0.5, 0.6) is 0 Å². The van der Waals surface area contributed by atoms with Crippen molar-refractivity contribution in [1.29, 1.82) is 0 Å².